The highest BCUT2D eigenvalue weighted by Crippen LogP contribution is 2.14. The average Bonchev–Trinajstić information content (AvgIpc) is 2.42. The Morgan fingerprint density at radius 1 is 1.09 bits per heavy atom. The number of hydrogen-bond donors (Lipinski definition) is 2. The summed E-state index contributed by atoms with van der Waals surface area (Å²) in [5.41, 5.74) is 0. The third-order valence-electron chi connectivity index (χ3n) is 3.24. The average molecular weight is 340 g/mol. The van der Waals surface area contributed by atoms with Gasteiger partial charge >= 0.3 is 6.18 Å². The summed E-state index contributed by atoms with van der Waals surface area (Å²) < 4.78 is 40.2. The fourth-order valence-electron chi connectivity index (χ4n) is 2.21. The molecule has 8 heteroatoms. The standard InChI is InChI=1S/C15H31F3N4O/c1-12(2)22(13(3)4)9-8-21-14(19-5)20-7-6-10-23-11-15(16,17)18/h12-13H,6-11H2,1-5H3,(H2,19,20,21). The van der Waals surface area contributed by atoms with Crippen LogP contribution in [0.1, 0.15) is 34.1 Å². The van der Waals surface area contributed by atoms with E-state index >= 15 is 0 Å². The molecule has 0 atom stereocenters. The number of nitrogens with zero attached hydrogens (tertiary/aromatic N) is 2. The Morgan fingerprint density at radius 2 is 1.65 bits per heavy atom. The molecule has 0 bridgehead atoms. The van der Waals surface area contributed by atoms with Crippen molar-refractivity contribution >= 4 is 5.96 Å². The predicted molar refractivity (Wildman–Crippen MR) is 87.8 cm³/mol. The molecule has 5 nitrogen and oxygen atoms in total. The van der Waals surface area contributed by atoms with Gasteiger partial charge in [-0.15, -0.1) is 0 Å². The highest BCUT2D eigenvalue weighted by Gasteiger charge is 2.27. The zero-order valence-electron chi connectivity index (χ0n) is 14.8. The number of halogens is 3. The van der Waals surface area contributed by atoms with Crippen molar-refractivity contribution in [1.29, 1.82) is 0 Å². The maximum atomic E-state index is 11.9. The SMILES string of the molecule is CN=C(NCCCOCC(F)(F)F)NCCN(C(C)C)C(C)C. The lowest BCUT2D eigenvalue weighted by atomic mass is 10.2. The summed E-state index contributed by atoms with van der Waals surface area (Å²) in [6.45, 7) is 9.67. The molecule has 0 rings (SSSR count). The van der Waals surface area contributed by atoms with Gasteiger partial charge in [-0.25, -0.2) is 0 Å². The van der Waals surface area contributed by atoms with E-state index in [1.54, 1.807) is 7.05 Å². The van der Waals surface area contributed by atoms with Gasteiger partial charge in [0.25, 0.3) is 0 Å². The molecule has 0 amide bonds. The summed E-state index contributed by atoms with van der Waals surface area (Å²) in [6, 6.07) is 0.940. The van der Waals surface area contributed by atoms with Crippen molar-refractivity contribution in [3.8, 4) is 0 Å². The summed E-state index contributed by atoms with van der Waals surface area (Å²) in [6.07, 6.45) is -3.77. The number of ether oxygens (including phenoxy) is 1. The van der Waals surface area contributed by atoms with Crippen LogP contribution in [0.15, 0.2) is 4.99 Å². The van der Waals surface area contributed by atoms with Crippen molar-refractivity contribution in [2.45, 2.75) is 52.4 Å². The molecule has 138 valence electrons. The second kappa shape index (κ2) is 11.5. The molecule has 0 aromatic rings. The van der Waals surface area contributed by atoms with Crippen LogP contribution in [-0.2, 0) is 4.74 Å². The Kier molecular flexibility index (Phi) is 11.0. The van der Waals surface area contributed by atoms with Gasteiger partial charge in [0.2, 0.25) is 0 Å². The Balaban J connectivity index is 3.83. The lowest BCUT2D eigenvalue weighted by molar-refractivity contribution is -0.173. The van der Waals surface area contributed by atoms with Gasteiger partial charge in [-0.05, 0) is 34.1 Å². The molecule has 2 N–H and O–H groups in total. The molecule has 0 aliphatic heterocycles. The molecule has 23 heavy (non-hydrogen) atoms. The van der Waals surface area contributed by atoms with Gasteiger partial charge in [-0.3, -0.25) is 9.89 Å². The largest absolute Gasteiger partial charge is 0.411 e. The first kappa shape index (κ1) is 22.0. The van der Waals surface area contributed by atoms with E-state index in [4.69, 9.17) is 0 Å². The molecule has 0 spiro atoms. The van der Waals surface area contributed by atoms with Gasteiger partial charge in [0.15, 0.2) is 5.96 Å². The van der Waals surface area contributed by atoms with Crippen LogP contribution in [0.2, 0.25) is 0 Å². The molecule has 0 saturated heterocycles. The van der Waals surface area contributed by atoms with Crippen LogP contribution in [-0.4, -0.2) is 69.0 Å². The predicted octanol–water partition coefficient (Wildman–Crippen LogP) is 2.24. The third kappa shape index (κ3) is 12.1. The molecule has 0 aromatic heterocycles. The van der Waals surface area contributed by atoms with E-state index in [2.05, 4.69) is 53.0 Å². The van der Waals surface area contributed by atoms with E-state index in [0.717, 1.165) is 13.1 Å². The van der Waals surface area contributed by atoms with Crippen LogP contribution in [0.4, 0.5) is 13.2 Å². The minimum atomic E-state index is -4.26. The zero-order chi connectivity index (χ0) is 17.9. The molecule has 0 unspecified atom stereocenters. The number of guanidine groups is 1. The Bertz CT molecular complexity index is 325. The van der Waals surface area contributed by atoms with Crippen molar-refractivity contribution in [2.24, 2.45) is 4.99 Å². The first-order valence-corrected chi connectivity index (χ1v) is 8.02. The van der Waals surface area contributed by atoms with Gasteiger partial charge in [0.05, 0.1) is 0 Å². The van der Waals surface area contributed by atoms with Crippen LogP contribution in [0.3, 0.4) is 0 Å². The number of alkyl halides is 3. The fraction of sp³-hybridized carbons (Fsp3) is 0.933. The monoisotopic (exact) mass is 340 g/mol. The second-order valence-corrected chi connectivity index (χ2v) is 5.87. The minimum absolute atomic E-state index is 0.0674. The van der Waals surface area contributed by atoms with Gasteiger partial charge in [0.1, 0.15) is 6.61 Å². The maximum absolute atomic E-state index is 11.9. The van der Waals surface area contributed by atoms with Gasteiger partial charge in [-0.1, -0.05) is 0 Å². The third-order valence-corrected chi connectivity index (χ3v) is 3.24. The molecule has 0 aromatic carbocycles. The van der Waals surface area contributed by atoms with Crippen molar-refractivity contribution < 1.29 is 17.9 Å². The van der Waals surface area contributed by atoms with Crippen LogP contribution in [0.5, 0.6) is 0 Å². The molecular formula is C15H31F3N4O. The molecule has 0 fully saturated rings. The number of rotatable bonds is 10. The van der Waals surface area contributed by atoms with Crippen molar-refractivity contribution in [1.82, 2.24) is 15.5 Å². The molecule has 0 heterocycles. The molecular weight excluding hydrogens is 309 g/mol. The van der Waals surface area contributed by atoms with Gasteiger partial charge in [-0.2, -0.15) is 13.2 Å². The second-order valence-electron chi connectivity index (χ2n) is 5.87. The maximum Gasteiger partial charge on any atom is 0.411 e. The van der Waals surface area contributed by atoms with Crippen LogP contribution >= 0.6 is 0 Å². The van der Waals surface area contributed by atoms with E-state index in [1.165, 1.54) is 0 Å². The zero-order valence-corrected chi connectivity index (χ0v) is 14.8. The van der Waals surface area contributed by atoms with Gasteiger partial charge in [0, 0.05) is 45.4 Å². The topological polar surface area (TPSA) is 48.9 Å². The first-order valence-electron chi connectivity index (χ1n) is 8.02. The highest BCUT2D eigenvalue weighted by atomic mass is 19.4. The number of hydrogen-bond acceptors (Lipinski definition) is 3. The molecule has 0 aliphatic carbocycles. The van der Waals surface area contributed by atoms with E-state index in [9.17, 15) is 13.2 Å². The summed E-state index contributed by atoms with van der Waals surface area (Å²) in [5, 5.41) is 6.26. The fourth-order valence-corrected chi connectivity index (χ4v) is 2.21. The Hall–Kier alpha value is -1.02. The smallest absolute Gasteiger partial charge is 0.372 e. The molecule has 0 aliphatic rings. The summed E-state index contributed by atoms with van der Waals surface area (Å²) in [4.78, 5) is 6.45. The van der Waals surface area contributed by atoms with Crippen molar-refractivity contribution in [3.63, 3.8) is 0 Å². The van der Waals surface area contributed by atoms with E-state index in [-0.39, 0.29) is 6.61 Å². The van der Waals surface area contributed by atoms with Crippen LogP contribution < -0.4 is 10.6 Å². The highest BCUT2D eigenvalue weighted by molar-refractivity contribution is 5.79. The van der Waals surface area contributed by atoms with Crippen LogP contribution in [0, 0.1) is 0 Å². The molecule has 0 radical (unpaired) electrons. The van der Waals surface area contributed by atoms with E-state index < -0.39 is 12.8 Å². The van der Waals surface area contributed by atoms with E-state index in [1.807, 2.05) is 0 Å². The van der Waals surface area contributed by atoms with E-state index in [0.29, 0.717) is 31.0 Å². The Labute approximate surface area is 137 Å². The summed E-state index contributed by atoms with van der Waals surface area (Å²) >= 11 is 0. The number of aliphatic imine (C=N–C) groups is 1. The minimum Gasteiger partial charge on any atom is -0.372 e. The summed E-state index contributed by atoms with van der Waals surface area (Å²) in [7, 11) is 1.66. The first-order chi connectivity index (χ1) is 10.7. The van der Waals surface area contributed by atoms with Crippen LogP contribution in [0.25, 0.3) is 0 Å². The van der Waals surface area contributed by atoms with Gasteiger partial charge < -0.3 is 15.4 Å². The van der Waals surface area contributed by atoms with Crippen molar-refractivity contribution in [2.75, 3.05) is 39.9 Å². The summed E-state index contributed by atoms with van der Waals surface area (Å²) in [5.74, 6) is 0.647. The number of nitrogens with one attached hydrogen (secondary N) is 2. The molecule has 0 saturated carbocycles. The normalized spacial score (nSPS) is 13.3. The lowest BCUT2D eigenvalue weighted by Gasteiger charge is -2.30. The Morgan fingerprint density at radius 3 is 2.13 bits per heavy atom. The van der Waals surface area contributed by atoms with Crippen molar-refractivity contribution in [3.05, 3.63) is 0 Å². The lowest BCUT2D eigenvalue weighted by Crippen LogP contribution is -2.45. The quantitative estimate of drug-likeness (QED) is 0.364.